The summed E-state index contributed by atoms with van der Waals surface area (Å²) in [5.41, 5.74) is 4.81. The first-order chi connectivity index (χ1) is 6.15. The molecule has 0 aliphatic heterocycles. The van der Waals surface area contributed by atoms with Gasteiger partial charge in [0.1, 0.15) is 0 Å². The van der Waals surface area contributed by atoms with E-state index < -0.39 is 12.8 Å². The van der Waals surface area contributed by atoms with E-state index in [0.717, 1.165) is 6.20 Å². The second-order valence-corrected chi connectivity index (χ2v) is 2.00. The van der Waals surface area contributed by atoms with E-state index in [1.165, 1.54) is 0 Å². The average molecular weight is 187 g/mol. The van der Waals surface area contributed by atoms with Crippen LogP contribution in [0.4, 0.5) is 10.2 Å². The summed E-state index contributed by atoms with van der Waals surface area (Å²) in [5, 5.41) is 8.49. The van der Waals surface area contributed by atoms with Crippen molar-refractivity contribution in [3.8, 4) is 5.88 Å². The maximum absolute atomic E-state index is 11.6. The Labute approximate surface area is 72.2 Å². The Balaban J connectivity index is 2.98. The second kappa shape index (κ2) is 3.65. The zero-order valence-corrected chi connectivity index (χ0v) is 6.40. The van der Waals surface area contributed by atoms with Gasteiger partial charge in [0.05, 0.1) is 6.20 Å². The van der Waals surface area contributed by atoms with Crippen LogP contribution in [0, 0.1) is 0 Å². The van der Waals surface area contributed by atoms with Crippen LogP contribution >= 0.6 is 0 Å². The number of hydrogen-bond acceptors (Lipinski definition) is 5. The summed E-state index contributed by atoms with van der Waals surface area (Å²) in [4.78, 5) is 17.3. The topological polar surface area (TPSA) is 98.3 Å². The number of rotatable bonds is 3. The minimum atomic E-state index is -1.29. The first-order valence-corrected chi connectivity index (χ1v) is 3.19. The third-order valence-electron chi connectivity index (χ3n) is 1.18. The van der Waals surface area contributed by atoms with Crippen LogP contribution in [0.25, 0.3) is 0 Å². The van der Waals surface area contributed by atoms with Crippen LogP contribution in [0.2, 0.25) is 0 Å². The van der Waals surface area contributed by atoms with Gasteiger partial charge in [-0.3, -0.25) is 0 Å². The van der Waals surface area contributed by atoms with Gasteiger partial charge in [-0.25, -0.2) is 14.2 Å². The molecule has 13 heavy (non-hydrogen) atoms. The van der Waals surface area contributed by atoms with Crippen molar-refractivity contribution in [3.63, 3.8) is 0 Å². The molecule has 0 unspecified atom stereocenters. The molecule has 0 amide bonds. The van der Waals surface area contributed by atoms with Gasteiger partial charge >= 0.3 is 5.97 Å². The van der Waals surface area contributed by atoms with Gasteiger partial charge < -0.3 is 15.6 Å². The maximum Gasteiger partial charge on any atom is 0.358 e. The van der Waals surface area contributed by atoms with E-state index in [2.05, 4.69) is 14.7 Å². The van der Waals surface area contributed by atoms with Crippen LogP contribution in [-0.2, 0) is 0 Å². The van der Waals surface area contributed by atoms with Crippen LogP contribution in [-0.4, -0.2) is 27.9 Å². The first kappa shape index (κ1) is 9.17. The molecule has 0 radical (unpaired) electrons. The third-order valence-corrected chi connectivity index (χ3v) is 1.18. The lowest BCUT2D eigenvalue weighted by Crippen LogP contribution is -2.08. The SMILES string of the molecule is Nc1nc(OCF)cnc1C(=O)O. The maximum atomic E-state index is 11.6. The van der Waals surface area contributed by atoms with Crippen LogP contribution in [0.5, 0.6) is 5.88 Å². The number of carboxylic acids is 1. The molecular weight excluding hydrogens is 181 g/mol. The highest BCUT2D eigenvalue weighted by atomic mass is 19.1. The van der Waals surface area contributed by atoms with Gasteiger partial charge in [0, 0.05) is 0 Å². The summed E-state index contributed by atoms with van der Waals surface area (Å²) >= 11 is 0. The number of nitrogens with zero attached hydrogens (tertiary/aromatic N) is 2. The summed E-state index contributed by atoms with van der Waals surface area (Å²) < 4.78 is 15.9. The van der Waals surface area contributed by atoms with Crippen molar-refractivity contribution in [3.05, 3.63) is 11.9 Å². The lowest BCUT2D eigenvalue weighted by molar-refractivity contribution is 0.0691. The van der Waals surface area contributed by atoms with E-state index in [4.69, 9.17) is 10.8 Å². The molecule has 3 N–H and O–H groups in total. The van der Waals surface area contributed by atoms with Crippen LogP contribution < -0.4 is 10.5 Å². The molecule has 6 nitrogen and oxygen atoms in total. The van der Waals surface area contributed by atoms with Gasteiger partial charge in [-0.1, -0.05) is 0 Å². The van der Waals surface area contributed by atoms with E-state index in [1.807, 2.05) is 0 Å². The zero-order valence-electron chi connectivity index (χ0n) is 6.40. The van der Waals surface area contributed by atoms with Crippen molar-refractivity contribution in [1.29, 1.82) is 0 Å². The number of carboxylic acid groups (broad SMARTS) is 1. The molecule has 1 aromatic rings. The lowest BCUT2D eigenvalue weighted by atomic mass is 10.4. The van der Waals surface area contributed by atoms with Crippen LogP contribution in [0.1, 0.15) is 10.5 Å². The molecule has 0 aliphatic rings. The molecular formula is C6H6FN3O3. The summed E-state index contributed by atoms with van der Waals surface area (Å²) in [5.74, 6) is -1.75. The van der Waals surface area contributed by atoms with E-state index >= 15 is 0 Å². The van der Waals surface area contributed by atoms with Crippen molar-refractivity contribution >= 4 is 11.8 Å². The predicted octanol–water partition coefficient (Wildman–Crippen LogP) is 0.0628. The minimum Gasteiger partial charge on any atom is -0.476 e. The van der Waals surface area contributed by atoms with Crippen molar-refractivity contribution < 1.29 is 19.0 Å². The normalized spacial score (nSPS) is 9.62. The third kappa shape index (κ3) is 2.01. The fourth-order valence-corrected chi connectivity index (χ4v) is 0.677. The molecule has 0 saturated carbocycles. The molecule has 0 aromatic carbocycles. The summed E-state index contributed by atoms with van der Waals surface area (Å²) in [6, 6.07) is 0. The Morgan fingerprint density at radius 1 is 1.77 bits per heavy atom. The number of alkyl halides is 1. The number of aromatic carboxylic acids is 1. The van der Waals surface area contributed by atoms with Gasteiger partial charge in [-0.15, -0.1) is 0 Å². The molecule has 0 spiro atoms. The summed E-state index contributed by atoms with van der Waals surface area (Å²) in [7, 11) is 0. The number of anilines is 1. The number of halogens is 1. The highest BCUT2D eigenvalue weighted by Gasteiger charge is 2.11. The van der Waals surface area contributed by atoms with Crippen molar-refractivity contribution in [2.24, 2.45) is 0 Å². The van der Waals surface area contributed by atoms with Gasteiger partial charge in [0.15, 0.2) is 11.5 Å². The molecule has 0 atom stereocenters. The fraction of sp³-hybridized carbons (Fsp3) is 0.167. The van der Waals surface area contributed by atoms with Crippen molar-refractivity contribution in [2.75, 3.05) is 12.6 Å². The molecule has 1 heterocycles. The van der Waals surface area contributed by atoms with E-state index in [9.17, 15) is 9.18 Å². The Morgan fingerprint density at radius 3 is 2.92 bits per heavy atom. The van der Waals surface area contributed by atoms with E-state index in [1.54, 1.807) is 0 Å². The predicted molar refractivity (Wildman–Crippen MR) is 40.0 cm³/mol. The largest absolute Gasteiger partial charge is 0.476 e. The number of carbonyl (C=O) groups is 1. The molecule has 70 valence electrons. The standard InChI is InChI=1S/C6H6FN3O3/c7-2-13-3-1-9-4(6(11)12)5(8)10-3/h1H,2H2,(H2,8,10)(H,11,12). The first-order valence-electron chi connectivity index (χ1n) is 3.19. The molecule has 1 rings (SSSR count). The summed E-state index contributed by atoms with van der Waals surface area (Å²) in [6.07, 6.45) is 0.986. The smallest absolute Gasteiger partial charge is 0.358 e. The Kier molecular flexibility index (Phi) is 2.58. The van der Waals surface area contributed by atoms with Gasteiger partial charge in [-0.2, -0.15) is 4.98 Å². The lowest BCUT2D eigenvalue weighted by Gasteiger charge is -2.01. The van der Waals surface area contributed by atoms with Crippen LogP contribution in [0.3, 0.4) is 0 Å². The second-order valence-electron chi connectivity index (χ2n) is 2.00. The quantitative estimate of drug-likeness (QED) is 0.694. The molecule has 0 bridgehead atoms. The molecule has 1 aromatic heterocycles. The average Bonchev–Trinajstić information content (AvgIpc) is 2.04. The zero-order chi connectivity index (χ0) is 9.84. The Morgan fingerprint density at radius 2 is 2.46 bits per heavy atom. The number of hydrogen-bond donors (Lipinski definition) is 2. The van der Waals surface area contributed by atoms with E-state index in [0.29, 0.717) is 0 Å². The highest BCUT2D eigenvalue weighted by molar-refractivity contribution is 5.90. The monoisotopic (exact) mass is 187 g/mol. The fourth-order valence-electron chi connectivity index (χ4n) is 0.677. The highest BCUT2D eigenvalue weighted by Crippen LogP contribution is 2.11. The Bertz CT molecular complexity index is 331. The van der Waals surface area contributed by atoms with Crippen molar-refractivity contribution in [1.82, 2.24) is 9.97 Å². The number of nitrogens with two attached hydrogens (primary N) is 1. The van der Waals surface area contributed by atoms with Crippen LogP contribution in [0.15, 0.2) is 6.20 Å². The minimum absolute atomic E-state index is 0.148. The molecule has 7 heteroatoms. The van der Waals surface area contributed by atoms with Gasteiger partial charge in [0.2, 0.25) is 12.7 Å². The van der Waals surface area contributed by atoms with E-state index in [-0.39, 0.29) is 17.4 Å². The number of nitrogen functional groups attached to an aromatic ring is 1. The number of aromatic nitrogens is 2. The number of ether oxygens (including phenoxy) is 1. The summed E-state index contributed by atoms with van der Waals surface area (Å²) in [6.45, 7) is -1.07. The van der Waals surface area contributed by atoms with Crippen molar-refractivity contribution in [2.45, 2.75) is 0 Å². The molecule has 0 fully saturated rings. The molecule has 0 aliphatic carbocycles. The molecule has 0 saturated heterocycles. The van der Waals surface area contributed by atoms with Gasteiger partial charge in [-0.05, 0) is 0 Å². The van der Waals surface area contributed by atoms with Gasteiger partial charge in [0.25, 0.3) is 0 Å². The Hall–Kier alpha value is -1.92.